The fourth-order valence-corrected chi connectivity index (χ4v) is 1.82. The molecule has 0 atom stereocenters. The summed E-state index contributed by atoms with van der Waals surface area (Å²) in [6.07, 6.45) is 3.57. The minimum absolute atomic E-state index is 0.00774. The number of nitrogens with zero attached hydrogens (tertiary/aromatic N) is 3. The average molecular weight is 250 g/mol. The summed E-state index contributed by atoms with van der Waals surface area (Å²) in [5.41, 5.74) is 1.46. The van der Waals surface area contributed by atoms with Crippen molar-refractivity contribution in [3.05, 3.63) is 34.5 Å². The van der Waals surface area contributed by atoms with Gasteiger partial charge in [0.1, 0.15) is 5.52 Å². The molecule has 0 saturated heterocycles. The Kier molecular flexibility index (Phi) is 4.11. The van der Waals surface area contributed by atoms with Gasteiger partial charge in [0, 0.05) is 39.1 Å². The molecule has 6 nitrogen and oxygen atoms in total. The van der Waals surface area contributed by atoms with Crippen molar-refractivity contribution in [2.45, 2.75) is 13.5 Å². The van der Waals surface area contributed by atoms with Crippen molar-refractivity contribution >= 4 is 5.52 Å². The molecule has 0 radical (unpaired) electrons. The number of ether oxygens (including phenoxy) is 1. The van der Waals surface area contributed by atoms with Crippen LogP contribution < -0.4 is 10.9 Å². The maximum absolute atomic E-state index is 12.1. The van der Waals surface area contributed by atoms with E-state index in [4.69, 9.17) is 4.74 Å². The van der Waals surface area contributed by atoms with Gasteiger partial charge in [-0.25, -0.2) is 4.52 Å². The van der Waals surface area contributed by atoms with E-state index in [9.17, 15) is 4.79 Å². The van der Waals surface area contributed by atoms with E-state index in [-0.39, 0.29) is 5.56 Å². The Hall–Kier alpha value is -1.66. The minimum atomic E-state index is -0.00774. The summed E-state index contributed by atoms with van der Waals surface area (Å²) >= 11 is 0. The van der Waals surface area contributed by atoms with Crippen LogP contribution in [0.3, 0.4) is 0 Å². The third kappa shape index (κ3) is 2.77. The standard InChI is InChI=1S/C12H18N4O2/c1-10-9-11-12(17)15(6-7-16(11)14-10)5-3-13-4-8-18-2/h6-7,9,13H,3-5,8H2,1-2H3. The molecule has 0 fully saturated rings. The van der Waals surface area contributed by atoms with E-state index in [1.54, 1.807) is 34.7 Å². The summed E-state index contributed by atoms with van der Waals surface area (Å²) in [7, 11) is 1.67. The van der Waals surface area contributed by atoms with Crippen molar-refractivity contribution in [1.82, 2.24) is 19.5 Å². The number of methoxy groups -OCH3 is 1. The summed E-state index contributed by atoms with van der Waals surface area (Å²) in [6.45, 7) is 4.73. The first-order chi connectivity index (χ1) is 8.72. The van der Waals surface area contributed by atoms with E-state index in [0.29, 0.717) is 18.7 Å². The first kappa shape index (κ1) is 12.8. The number of rotatable bonds is 6. The van der Waals surface area contributed by atoms with Gasteiger partial charge >= 0.3 is 0 Å². The summed E-state index contributed by atoms with van der Waals surface area (Å²) in [5, 5.41) is 7.42. The monoisotopic (exact) mass is 250 g/mol. The number of hydrogen-bond acceptors (Lipinski definition) is 4. The van der Waals surface area contributed by atoms with Gasteiger partial charge in [0.15, 0.2) is 0 Å². The van der Waals surface area contributed by atoms with Gasteiger partial charge in [-0.1, -0.05) is 0 Å². The highest BCUT2D eigenvalue weighted by atomic mass is 16.5. The van der Waals surface area contributed by atoms with E-state index in [2.05, 4.69) is 10.4 Å². The van der Waals surface area contributed by atoms with Crippen LogP contribution in [0.4, 0.5) is 0 Å². The highest BCUT2D eigenvalue weighted by Crippen LogP contribution is 1.99. The molecule has 0 aromatic carbocycles. The van der Waals surface area contributed by atoms with Crippen molar-refractivity contribution < 1.29 is 4.74 Å². The number of aromatic nitrogens is 3. The third-order valence-corrected chi connectivity index (χ3v) is 2.74. The predicted octanol–water partition coefficient (Wildman–Crippen LogP) is 0.0404. The lowest BCUT2D eigenvalue weighted by molar-refractivity contribution is 0.199. The molecule has 0 aliphatic rings. The smallest absolute Gasteiger partial charge is 0.276 e. The van der Waals surface area contributed by atoms with Crippen molar-refractivity contribution in [3.8, 4) is 0 Å². The summed E-state index contributed by atoms with van der Waals surface area (Å²) < 4.78 is 8.24. The van der Waals surface area contributed by atoms with Crippen molar-refractivity contribution in [3.63, 3.8) is 0 Å². The molecule has 0 aliphatic heterocycles. The number of nitrogens with one attached hydrogen (secondary N) is 1. The number of aryl methyl sites for hydroxylation is 1. The zero-order valence-corrected chi connectivity index (χ0v) is 10.7. The molecule has 2 heterocycles. The van der Waals surface area contributed by atoms with Gasteiger partial charge in [0.2, 0.25) is 0 Å². The van der Waals surface area contributed by atoms with Crippen LogP contribution in [0.5, 0.6) is 0 Å². The Labute approximate surface area is 105 Å². The van der Waals surface area contributed by atoms with Crippen LogP contribution >= 0.6 is 0 Å². The van der Waals surface area contributed by atoms with E-state index >= 15 is 0 Å². The van der Waals surface area contributed by atoms with Crippen LogP contribution in [-0.4, -0.2) is 41.0 Å². The molecule has 0 spiro atoms. The van der Waals surface area contributed by atoms with Crippen molar-refractivity contribution in [2.24, 2.45) is 0 Å². The second-order valence-electron chi connectivity index (χ2n) is 4.16. The molecule has 0 saturated carbocycles. The Balaban J connectivity index is 2.05. The largest absolute Gasteiger partial charge is 0.383 e. The molecule has 6 heteroatoms. The van der Waals surface area contributed by atoms with Crippen LogP contribution in [0.15, 0.2) is 23.3 Å². The molecule has 18 heavy (non-hydrogen) atoms. The van der Waals surface area contributed by atoms with E-state index in [1.165, 1.54) is 0 Å². The lowest BCUT2D eigenvalue weighted by Gasteiger charge is -2.07. The van der Waals surface area contributed by atoms with Crippen molar-refractivity contribution in [1.29, 1.82) is 0 Å². The highest BCUT2D eigenvalue weighted by molar-refractivity contribution is 5.44. The van der Waals surface area contributed by atoms with Gasteiger partial charge in [-0.05, 0) is 13.0 Å². The van der Waals surface area contributed by atoms with E-state index in [0.717, 1.165) is 18.8 Å². The van der Waals surface area contributed by atoms with Crippen LogP contribution in [0.2, 0.25) is 0 Å². The van der Waals surface area contributed by atoms with Crippen LogP contribution in [0.1, 0.15) is 5.69 Å². The predicted molar refractivity (Wildman–Crippen MR) is 68.9 cm³/mol. The fourth-order valence-electron chi connectivity index (χ4n) is 1.82. The second-order valence-corrected chi connectivity index (χ2v) is 4.16. The molecule has 2 aromatic rings. The van der Waals surface area contributed by atoms with Gasteiger partial charge in [-0.3, -0.25) is 4.79 Å². The van der Waals surface area contributed by atoms with Gasteiger partial charge in [0.05, 0.1) is 12.3 Å². The zero-order chi connectivity index (χ0) is 13.0. The molecule has 0 bridgehead atoms. The Morgan fingerprint density at radius 1 is 1.39 bits per heavy atom. The molecule has 1 N–H and O–H groups in total. The topological polar surface area (TPSA) is 60.6 Å². The van der Waals surface area contributed by atoms with E-state index < -0.39 is 0 Å². The lowest BCUT2D eigenvalue weighted by atomic mass is 10.4. The van der Waals surface area contributed by atoms with Crippen LogP contribution in [-0.2, 0) is 11.3 Å². The van der Waals surface area contributed by atoms with Gasteiger partial charge in [-0.2, -0.15) is 5.10 Å². The Bertz CT molecular complexity index is 573. The molecule has 0 amide bonds. The third-order valence-electron chi connectivity index (χ3n) is 2.74. The van der Waals surface area contributed by atoms with Gasteiger partial charge < -0.3 is 14.6 Å². The maximum Gasteiger partial charge on any atom is 0.276 e. The maximum atomic E-state index is 12.1. The molecular weight excluding hydrogens is 232 g/mol. The highest BCUT2D eigenvalue weighted by Gasteiger charge is 2.04. The molecule has 98 valence electrons. The summed E-state index contributed by atoms with van der Waals surface area (Å²) in [5.74, 6) is 0. The van der Waals surface area contributed by atoms with Gasteiger partial charge in [-0.15, -0.1) is 0 Å². The van der Waals surface area contributed by atoms with E-state index in [1.807, 2.05) is 6.92 Å². The van der Waals surface area contributed by atoms with Crippen molar-refractivity contribution in [2.75, 3.05) is 26.8 Å². The Morgan fingerprint density at radius 3 is 3.00 bits per heavy atom. The minimum Gasteiger partial charge on any atom is -0.383 e. The molecule has 0 aliphatic carbocycles. The summed E-state index contributed by atoms with van der Waals surface area (Å²) in [4.78, 5) is 12.1. The zero-order valence-electron chi connectivity index (χ0n) is 10.7. The molecule has 2 aromatic heterocycles. The number of hydrogen-bond donors (Lipinski definition) is 1. The second kappa shape index (κ2) is 5.79. The first-order valence-electron chi connectivity index (χ1n) is 5.97. The Morgan fingerprint density at radius 2 is 2.22 bits per heavy atom. The lowest BCUT2D eigenvalue weighted by Crippen LogP contribution is -2.29. The van der Waals surface area contributed by atoms with Gasteiger partial charge in [0.25, 0.3) is 5.56 Å². The fraction of sp³-hybridized carbons (Fsp3) is 0.500. The molecular formula is C12H18N4O2. The number of fused-ring (bicyclic) bond motifs is 1. The SMILES string of the molecule is COCCNCCn1ccn2nc(C)cc2c1=O. The first-order valence-corrected chi connectivity index (χ1v) is 5.97. The molecule has 0 unspecified atom stereocenters. The average Bonchev–Trinajstić information content (AvgIpc) is 2.73. The normalized spacial score (nSPS) is 11.2. The quantitative estimate of drug-likeness (QED) is 0.735. The van der Waals surface area contributed by atoms with Crippen LogP contribution in [0, 0.1) is 6.92 Å². The molecule has 2 rings (SSSR count). The van der Waals surface area contributed by atoms with Crippen LogP contribution in [0.25, 0.3) is 5.52 Å². The summed E-state index contributed by atoms with van der Waals surface area (Å²) in [6, 6.07) is 1.80.